The molecule has 1 aliphatic heterocycles. The van der Waals surface area contributed by atoms with E-state index in [-0.39, 0.29) is 6.10 Å². The first-order chi connectivity index (χ1) is 11.3. The van der Waals surface area contributed by atoms with E-state index >= 15 is 0 Å². The summed E-state index contributed by atoms with van der Waals surface area (Å²) >= 11 is 0. The standard InChI is InChI=1S/C19H21N3O/c1-23-19-7-9-22(14-17-5-2-4-15(10-17)12-20)18(19)11-16-6-3-8-21-13-16/h2-6,8,10,13,18-19H,7,9,11,14H2,1H3/t18-,19+/m0/s1. The monoisotopic (exact) mass is 307 g/mol. The van der Waals surface area contributed by atoms with Crippen LogP contribution in [0.1, 0.15) is 23.1 Å². The highest BCUT2D eigenvalue weighted by Gasteiger charge is 2.34. The van der Waals surface area contributed by atoms with Crippen molar-refractivity contribution in [1.82, 2.24) is 9.88 Å². The number of pyridine rings is 1. The van der Waals surface area contributed by atoms with Crippen LogP contribution >= 0.6 is 0 Å². The van der Waals surface area contributed by atoms with Crippen LogP contribution in [-0.2, 0) is 17.7 Å². The third kappa shape index (κ3) is 3.76. The average molecular weight is 307 g/mol. The Kier molecular flexibility index (Phi) is 5.02. The van der Waals surface area contributed by atoms with E-state index in [1.807, 2.05) is 30.5 Å². The second-order valence-electron chi connectivity index (χ2n) is 5.98. The maximum absolute atomic E-state index is 9.06. The Morgan fingerprint density at radius 3 is 2.91 bits per heavy atom. The van der Waals surface area contributed by atoms with Gasteiger partial charge in [-0.3, -0.25) is 9.88 Å². The van der Waals surface area contributed by atoms with E-state index in [2.05, 4.69) is 28.1 Å². The molecule has 0 spiro atoms. The molecule has 1 aliphatic rings. The molecule has 3 rings (SSSR count). The van der Waals surface area contributed by atoms with Crippen LogP contribution in [-0.4, -0.2) is 35.7 Å². The van der Waals surface area contributed by atoms with Crippen molar-refractivity contribution in [3.05, 3.63) is 65.5 Å². The largest absolute Gasteiger partial charge is 0.380 e. The predicted molar refractivity (Wildman–Crippen MR) is 88.7 cm³/mol. The molecule has 1 aromatic carbocycles. The molecule has 4 nitrogen and oxygen atoms in total. The summed E-state index contributed by atoms with van der Waals surface area (Å²) in [6.07, 6.45) is 5.95. The summed E-state index contributed by atoms with van der Waals surface area (Å²) in [5.41, 5.74) is 3.13. The molecule has 1 aromatic heterocycles. The Morgan fingerprint density at radius 2 is 2.17 bits per heavy atom. The molecular weight excluding hydrogens is 286 g/mol. The van der Waals surface area contributed by atoms with E-state index in [0.717, 1.165) is 25.9 Å². The molecule has 4 heteroatoms. The number of methoxy groups -OCH3 is 1. The van der Waals surface area contributed by atoms with Crippen LogP contribution in [0, 0.1) is 11.3 Å². The average Bonchev–Trinajstić information content (AvgIpc) is 2.97. The molecule has 2 heterocycles. The van der Waals surface area contributed by atoms with Crippen LogP contribution < -0.4 is 0 Å². The number of rotatable bonds is 5. The lowest BCUT2D eigenvalue weighted by Crippen LogP contribution is -2.37. The van der Waals surface area contributed by atoms with Gasteiger partial charge in [0.2, 0.25) is 0 Å². The predicted octanol–water partition coefficient (Wildman–Crippen LogP) is 2.79. The maximum atomic E-state index is 9.06. The van der Waals surface area contributed by atoms with Gasteiger partial charge in [0.05, 0.1) is 17.7 Å². The number of hydrogen-bond acceptors (Lipinski definition) is 4. The fourth-order valence-corrected chi connectivity index (χ4v) is 3.35. The number of nitrogens with zero attached hydrogens (tertiary/aromatic N) is 3. The molecule has 0 radical (unpaired) electrons. The summed E-state index contributed by atoms with van der Waals surface area (Å²) in [6.45, 7) is 1.86. The van der Waals surface area contributed by atoms with Gasteiger partial charge in [0.15, 0.2) is 0 Å². The summed E-state index contributed by atoms with van der Waals surface area (Å²) in [7, 11) is 1.79. The van der Waals surface area contributed by atoms with E-state index in [1.165, 1.54) is 11.1 Å². The molecule has 1 saturated heterocycles. The van der Waals surface area contributed by atoms with Gasteiger partial charge in [-0.2, -0.15) is 5.26 Å². The zero-order chi connectivity index (χ0) is 16.1. The van der Waals surface area contributed by atoms with Crippen LogP contribution in [0.25, 0.3) is 0 Å². The second-order valence-corrected chi connectivity index (χ2v) is 5.98. The number of ether oxygens (including phenoxy) is 1. The molecule has 2 aromatic rings. The van der Waals surface area contributed by atoms with E-state index in [4.69, 9.17) is 10.00 Å². The fraction of sp³-hybridized carbons (Fsp3) is 0.368. The Bertz CT molecular complexity index is 681. The molecule has 0 saturated carbocycles. The Balaban J connectivity index is 1.75. The van der Waals surface area contributed by atoms with Gasteiger partial charge in [-0.15, -0.1) is 0 Å². The number of aromatic nitrogens is 1. The van der Waals surface area contributed by atoms with Gasteiger partial charge < -0.3 is 4.74 Å². The third-order valence-electron chi connectivity index (χ3n) is 4.51. The summed E-state index contributed by atoms with van der Waals surface area (Å²) in [4.78, 5) is 6.67. The summed E-state index contributed by atoms with van der Waals surface area (Å²) in [6, 6.07) is 14.5. The maximum Gasteiger partial charge on any atom is 0.0991 e. The van der Waals surface area contributed by atoms with E-state index in [1.54, 1.807) is 13.3 Å². The molecule has 23 heavy (non-hydrogen) atoms. The van der Waals surface area contributed by atoms with Crippen LogP contribution in [0.5, 0.6) is 0 Å². The van der Waals surface area contributed by atoms with Crippen molar-refractivity contribution in [2.45, 2.75) is 31.5 Å². The van der Waals surface area contributed by atoms with Gasteiger partial charge in [0, 0.05) is 38.6 Å². The quantitative estimate of drug-likeness (QED) is 0.852. The first-order valence-electron chi connectivity index (χ1n) is 7.95. The summed E-state index contributed by atoms with van der Waals surface area (Å²) in [5.74, 6) is 0. The Labute approximate surface area is 137 Å². The van der Waals surface area contributed by atoms with E-state index in [0.29, 0.717) is 11.6 Å². The topological polar surface area (TPSA) is 49.1 Å². The van der Waals surface area contributed by atoms with Crippen molar-refractivity contribution in [3.63, 3.8) is 0 Å². The SMILES string of the molecule is CO[C@@H]1CCN(Cc2cccc(C#N)c2)[C@H]1Cc1cccnc1. The smallest absolute Gasteiger partial charge is 0.0991 e. The molecule has 0 unspecified atom stereocenters. The van der Waals surface area contributed by atoms with Gasteiger partial charge in [0.25, 0.3) is 0 Å². The van der Waals surface area contributed by atoms with Crippen molar-refractivity contribution < 1.29 is 4.74 Å². The second kappa shape index (κ2) is 7.36. The minimum absolute atomic E-state index is 0.245. The zero-order valence-electron chi connectivity index (χ0n) is 13.4. The van der Waals surface area contributed by atoms with E-state index in [9.17, 15) is 0 Å². The molecule has 0 aliphatic carbocycles. The lowest BCUT2D eigenvalue weighted by Gasteiger charge is -2.27. The van der Waals surface area contributed by atoms with Crippen molar-refractivity contribution in [3.8, 4) is 6.07 Å². The van der Waals surface area contributed by atoms with Crippen molar-refractivity contribution in [2.75, 3.05) is 13.7 Å². The molecule has 0 amide bonds. The van der Waals surface area contributed by atoms with Crippen molar-refractivity contribution in [1.29, 1.82) is 5.26 Å². The summed E-state index contributed by atoms with van der Waals surface area (Å²) < 4.78 is 5.69. The van der Waals surface area contributed by atoms with Gasteiger partial charge >= 0.3 is 0 Å². The lowest BCUT2D eigenvalue weighted by atomic mass is 10.0. The number of hydrogen-bond donors (Lipinski definition) is 0. The van der Waals surface area contributed by atoms with Gasteiger partial charge in [0.1, 0.15) is 0 Å². The minimum Gasteiger partial charge on any atom is -0.380 e. The summed E-state index contributed by atoms with van der Waals surface area (Å²) in [5, 5.41) is 9.06. The van der Waals surface area contributed by atoms with Crippen LogP contribution in [0.4, 0.5) is 0 Å². The first-order valence-corrected chi connectivity index (χ1v) is 7.95. The van der Waals surface area contributed by atoms with Crippen LogP contribution in [0.2, 0.25) is 0 Å². The highest BCUT2D eigenvalue weighted by Crippen LogP contribution is 2.25. The first kappa shape index (κ1) is 15.7. The van der Waals surface area contributed by atoms with Crippen LogP contribution in [0.15, 0.2) is 48.8 Å². The third-order valence-corrected chi connectivity index (χ3v) is 4.51. The van der Waals surface area contributed by atoms with Gasteiger partial charge in [-0.25, -0.2) is 0 Å². The van der Waals surface area contributed by atoms with Gasteiger partial charge in [-0.05, 0) is 42.2 Å². The molecule has 118 valence electrons. The Hall–Kier alpha value is -2.22. The molecule has 0 N–H and O–H groups in total. The number of likely N-dealkylation sites (tertiary alicyclic amines) is 1. The fourth-order valence-electron chi connectivity index (χ4n) is 3.35. The molecule has 2 atom stereocenters. The molecule has 1 fully saturated rings. The highest BCUT2D eigenvalue weighted by molar-refractivity contribution is 5.32. The van der Waals surface area contributed by atoms with E-state index < -0.39 is 0 Å². The molecular formula is C19H21N3O. The highest BCUT2D eigenvalue weighted by atomic mass is 16.5. The zero-order valence-corrected chi connectivity index (χ0v) is 13.4. The normalized spacial score (nSPS) is 21.2. The number of nitriles is 1. The van der Waals surface area contributed by atoms with Gasteiger partial charge in [-0.1, -0.05) is 18.2 Å². The van der Waals surface area contributed by atoms with Crippen molar-refractivity contribution >= 4 is 0 Å². The Morgan fingerprint density at radius 1 is 1.30 bits per heavy atom. The lowest BCUT2D eigenvalue weighted by molar-refractivity contribution is 0.0638. The van der Waals surface area contributed by atoms with Crippen molar-refractivity contribution in [2.24, 2.45) is 0 Å². The number of benzene rings is 1. The molecule has 0 bridgehead atoms. The minimum atomic E-state index is 0.245. The van der Waals surface area contributed by atoms with Crippen LogP contribution in [0.3, 0.4) is 0 Å².